The molecule has 0 spiro atoms. The van der Waals surface area contributed by atoms with E-state index in [-0.39, 0.29) is 29.3 Å². The zero-order chi connectivity index (χ0) is 25.7. The van der Waals surface area contributed by atoms with Crippen LogP contribution in [-0.2, 0) is 4.74 Å². The molecule has 6 nitrogen and oxygen atoms in total. The summed E-state index contributed by atoms with van der Waals surface area (Å²) in [7, 11) is 0. The number of carbonyl (C=O) groups excluding carboxylic acids is 1. The van der Waals surface area contributed by atoms with Gasteiger partial charge in [0.15, 0.2) is 0 Å². The number of hydrogen-bond acceptors (Lipinski definition) is 5. The van der Waals surface area contributed by atoms with Crippen LogP contribution >= 0.6 is 11.6 Å². The first-order valence-corrected chi connectivity index (χ1v) is 11.9. The standard InChI is InChI=1S/C28H24ClFN4O2/c1-2-36-26-17-34(16-25(26)33-28(35)23-12-5-19(15-32)13-24(23)30)27(21-8-10-22(29)11-9-21)20-6-3-18(14-31)4-7-20/h3-13,25-27H,2,16-17H2,1H3,(H,33,35). The number of amides is 1. The fraction of sp³-hybridized carbons (Fsp3) is 0.250. The molecule has 3 unspecified atom stereocenters. The van der Waals surface area contributed by atoms with E-state index in [2.05, 4.69) is 16.3 Å². The molecule has 1 N–H and O–H groups in total. The van der Waals surface area contributed by atoms with E-state index in [1.807, 2.05) is 49.4 Å². The molecule has 1 aliphatic heterocycles. The predicted molar refractivity (Wildman–Crippen MR) is 134 cm³/mol. The number of hydrogen-bond donors (Lipinski definition) is 1. The molecule has 0 aliphatic carbocycles. The number of carbonyl (C=O) groups is 1. The maximum atomic E-state index is 14.5. The first kappa shape index (κ1) is 25.3. The first-order valence-electron chi connectivity index (χ1n) is 11.5. The molecule has 0 aromatic heterocycles. The summed E-state index contributed by atoms with van der Waals surface area (Å²) in [5.74, 6) is -1.30. The van der Waals surface area contributed by atoms with Crippen molar-refractivity contribution in [2.75, 3.05) is 19.7 Å². The average molecular weight is 503 g/mol. The fourth-order valence-electron chi connectivity index (χ4n) is 4.55. The second-order valence-corrected chi connectivity index (χ2v) is 8.96. The Balaban J connectivity index is 1.62. The lowest BCUT2D eigenvalue weighted by Gasteiger charge is -2.29. The SMILES string of the molecule is CCOC1CN(C(c2ccc(Cl)cc2)c2ccc(C#N)cc2)CC1NC(=O)c1ccc(C#N)cc1F. The van der Waals surface area contributed by atoms with Crippen LogP contribution in [0.3, 0.4) is 0 Å². The summed E-state index contributed by atoms with van der Waals surface area (Å²) >= 11 is 6.13. The topological polar surface area (TPSA) is 89.2 Å². The molecule has 0 radical (unpaired) electrons. The lowest BCUT2D eigenvalue weighted by Crippen LogP contribution is -2.44. The van der Waals surface area contributed by atoms with E-state index >= 15 is 0 Å². The van der Waals surface area contributed by atoms with Gasteiger partial charge in [0.25, 0.3) is 5.91 Å². The Morgan fingerprint density at radius 2 is 1.67 bits per heavy atom. The van der Waals surface area contributed by atoms with Gasteiger partial charge in [0.05, 0.1) is 47.0 Å². The molecule has 3 atom stereocenters. The van der Waals surface area contributed by atoms with Gasteiger partial charge >= 0.3 is 0 Å². The normalized spacial score (nSPS) is 18.2. The molecule has 3 aromatic carbocycles. The smallest absolute Gasteiger partial charge is 0.254 e. The highest BCUT2D eigenvalue weighted by Gasteiger charge is 2.39. The monoisotopic (exact) mass is 502 g/mol. The third-order valence-corrected chi connectivity index (χ3v) is 6.49. The van der Waals surface area contributed by atoms with Crippen LogP contribution in [0.1, 0.15) is 45.6 Å². The van der Waals surface area contributed by atoms with Crippen molar-refractivity contribution < 1.29 is 13.9 Å². The number of nitrogens with zero attached hydrogens (tertiary/aromatic N) is 3. The fourth-order valence-corrected chi connectivity index (χ4v) is 4.68. The predicted octanol–water partition coefficient (Wildman–Crippen LogP) is 4.83. The number of nitriles is 2. The summed E-state index contributed by atoms with van der Waals surface area (Å²) in [6, 6.07) is 22.2. The zero-order valence-electron chi connectivity index (χ0n) is 19.6. The maximum Gasteiger partial charge on any atom is 0.254 e. The summed E-state index contributed by atoms with van der Waals surface area (Å²) in [5.41, 5.74) is 2.58. The molecule has 1 heterocycles. The van der Waals surface area contributed by atoms with Crippen LogP contribution in [0.5, 0.6) is 0 Å². The van der Waals surface area contributed by atoms with Gasteiger partial charge < -0.3 is 10.1 Å². The molecule has 0 bridgehead atoms. The van der Waals surface area contributed by atoms with Crippen molar-refractivity contribution in [3.8, 4) is 12.1 Å². The van der Waals surface area contributed by atoms with Gasteiger partial charge in [-0.2, -0.15) is 10.5 Å². The van der Waals surface area contributed by atoms with Crippen LogP contribution in [0.4, 0.5) is 4.39 Å². The van der Waals surface area contributed by atoms with E-state index in [9.17, 15) is 14.4 Å². The molecule has 4 rings (SSSR count). The summed E-state index contributed by atoms with van der Waals surface area (Å²) in [5, 5.41) is 21.7. The number of ether oxygens (including phenoxy) is 1. The van der Waals surface area contributed by atoms with Crippen LogP contribution in [0, 0.1) is 28.5 Å². The van der Waals surface area contributed by atoms with Crippen LogP contribution in [0.25, 0.3) is 0 Å². The number of rotatable bonds is 7. The number of halogens is 2. The van der Waals surface area contributed by atoms with E-state index < -0.39 is 11.7 Å². The Hall–Kier alpha value is -3.75. The van der Waals surface area contributed by atoms with E-state index in [4.69, 9.17) is 21.6 Å². The van der Waals surface area contributed by atoms with E-state index in [0.717, 1.165) is 17.2 Å². The van der Waals surface area contributed by atoms with Crippen molar-refractivity contribution >= 4 is 17.5 Å². The molecule has 182 valence electrons. The maximum absolute atomic E-state index is 14.5. The molecule has 1 saturated heterocycles. The Bertz CT molecular complexity index is 1320. The summed E-state index contributed by atoms with van der Waals surface area (Å²) in [4.78, 5) is 15.1. The van der Waals surface area contributed by atoms with Gasteiger partial charge in [-0.1, -0.05) is 35.9 Å². The second-order valence-electron chi connectivity index (χ2n) is 8.52. The minimum Gasteiger partial charge on any atom is -0.375 e. The number of nitrogens with one attached hydrogen (secondary N) is 1. The van der Waals surface area contributed by atoms with E-state index in [0.29, 0.717) is 30.3 Å². The van der Waals surface area contributed by atoms with Gasteiger partial charge in [-0.3, -0.25) is 9.69 Å². The van der Waals surface area contributed by atoms with Crippen molar-refractivity contribution in [3.63, 3.8) is 0 Å². The number of benzene rings is 3. The van der Waals surface area contributed by atoms with Crippen LogP contribution in [-0.4, -0.2) is 42.6 Å². The Morgan fingerprint density at radius 1 is 1.06 bits per heavy atom. The van der Waals surface area contributed by atoms with Crippen LogP contribution in [0.15, 0.2) is 66.7 Å². The quantitative estimate of drug-likeness (QED) is 0.500. The zero-order valence-corrected chi connectivity index (χ0v) is 20.4. The Labute approximate surface area is 214 Å². The van der Waals surface area contributed by atoms with E-state index in [1.165, 1.54) is 12.1 Å². The van der Waals surface area contributed by atoms with Gasteiger partial charge in [-0.25, -0.2) is 4.39 Å². The molecular formula is C28H24ClFN4O2. The third kappa shape index (κ3) is 5.56. The van der Waals surface area contributed by atoms with Gasteiger partial charge in [0.1, 0.15) is 5.82 Å². The summed E-state index contributed by atoms with van der Waals surface area (Å²) in [6.07, 6.45) is -0.312. The van der Waals surface area contributed by atoms with Crippen molar-refractivity contribution in [3.05, 3.63) is 105 Å². The average Bonchev–Trinajstić information content (AvgIpc) is 3.27. The van der Waals surface area contributed by atoms with Gasteiger partial charge in [0.2, 0.25) is 0 Å². The van der Waals surface area contributed by atoms with Gasteiger partial charge in [-0.05, 0) is 60.5 Å². The highest BCUT2D eigenvalue weighted by atomic mass is 35.5. The molecule has 36 heavy (non-hydrogen) atoms. The molecule has 1 fully saturated rings. The third-order valence-electron chi connectivity index (χ3n) is 6.24. The van der Waals surface area contributed by atoms with Crippen molar-refractivity contribution in [2.45, 2.75) is 25.1 Å². The Morgan fingerprint density at radius 3 is 2.25 bits per heavy atom. The Kier molecular flexibility index (Phi) is 7.97. The van der Waals surface area contributed by atoms with Crippen molar-refractivity contribution in [1.29, 1.82) is 10.5 Å². The van der Waals surface area contributed by atoms with Crippen molar-refractivity contribution in [2.24, 2.45) is 0 Å². The van der Waals surface area contributed by atoms with Gasteiger partial charge in [-0.15, -0.1) is 0 Å². The highest BCUT2D eigenvalue weighted by molar-refractivity contribution is 6.30. The van der Waals surface area contributed by atoms with Gasteiger partial charge in [0, 0.05) is 24.7 Å². The first-order chi connectivity index (χ1) is 17.4. The molecule has 1 amide bonds. The molecule has 0 saturated carbocycles. The van der Waals surface area contributed by atoms with Crippen molar-refractivity contribution in [1.82, 2.24) is 10.2 Å². The molecule has 8 heteroatoms. The number of likely N-dealkylation sites (tertiary alicyclic amines) is 1. The molecule has 3 aromatic rings. The van der Waals surface area contributed by atoms with Crippen LogP contribution < -0.4 is 5.32 Å². The minimum atomic E-state index is -0.744. The van der Waals surface area contributed by atoms with Crippen LogP contribution in [0.2, 0.25) is 5.02 Å². The second kappa shape index (κ2) is 11.3. The highest BCUT2D eigenvalue weighted by Crippen LogP contribution is 2.33. The molecular weight excluding hydrogens is 479 g/mol. The lowest BCUT2D eigenvalue weighted by atomic mass is 9.96. The lowest BCUT2D eigenvalue weighted by molar-refractivity contribution is 0.0489. The minimum absolute atomic E-state index is 0.121. The summed E-state index contributed by atoms with van der Waals surface area (Å²) < 4.78 is 20.4. The van der Waals surface area contributed by atoms with E-state index in [1.54, 1.807) is 12.1 Å². The largest absolute Gasteiger partial charge is 0.375 e. The summed E-state index contributed by atoms with van der Waals surface area (Å²) in [6.45, 7) is 3.33. The molecule has 1 aliphatic rings.